The van der Waals surface area contributed by atoms with Crippen LogP contribution in [0.2, 0.25) is 0 Å². The van der Waals surface area contributed by atoms with Crippen LogP contribution in [-0.2, 0) is 0 Å². The van der Waals surface area contributed by atoms with Crippen LogP contribution in [0, 0.1) is 0 Å². The summed E-state index contributed by atoms with van der Waals surface area (Å²) in [4.78, 5) is 5.79. The van der Waals surface area contributed by atoms with E-state index in [9.17, 15) is 0 Å². The number of rotatable bonds is 1. The Morgan fingerprint density at radius 3 is 2.83 bits per heavy atom. The summed E-state index contributed by atoms with van der Waals surface area (Å²) in [5.74, 6) is 0. The highest BCUT2D eigenvalue weighted by molar-refractivity contribution is 7.80. The van der Waals surface area contributed by atoms with Crippen molar-refractivity contribution in [2.45, 2.75) is 0 Å². The molecular weight excluding hydrogens is 170 g/mol. The van der Waals surface area contributed by atoms with E-state index in [2.05, 4.69) is 10.3 Å². The fourth-order valence-corrected chi connectivity index (χ4v) is 0.790. The first kappa shape index (κ1) is 8.93. The third kappa shape index (κ3) is 2.47. The van der Waals surface area contributed by atoms with Crippen molar-refractivity contribution in [3.05, 3.63) is 24.5 Å². The fraction of sp³-hybridized carbons (Fsp3) is 0.250. The molecule has 0 bridgehead atoms. The Hall–Kier alpha value is -1.16. The van der Waals surface area contributed by atoms with Crippen molar-refractivity contribution >= 4 is 23.0 Å². The Balaban J connectivity index is 2.59. The minimum absolute atomic E-state index is 0.683. The third-order valence-electron chi connectivity index (χ3n) is 1.32. The maximum absolute atomic E-state index is 5.05. The molecule has 0 fully saturated rings. The molecule has 0 atom stereocenters. The summed E-state index contributed by atoms with van der Waals surface area (Å²) in [6.45, 7) is 0. The molecule has 0 aliphatic heterocycles. The average Bonchev–Trinajstić information content (AvgIpc) is 2.06. The first-order valence-corrected chi connectivity index (χ1v) is 3.99. The molecule has 12 heavy (non-hydrogen) atoms. The summed E-state index contributed by atoms with van der Waals surface area (Å²) < 4.78 is 0. The lowest BCUT2D eigenvalue weighted by molar-refractivity contribution is 0.634. The minimum Gasteiger partial charge on any atom is -0.355 e. The molecule has 4 heteroatoms. The van der Waals surface area contributed by atoms with E-state index in [-0.39, 0.29) is 0 Å². The summed E-state index contributed by atoms with van der Waals surface area (Å²) in [6, 6.07) is 3.78. The van der Waals surface area contributed by atoms with Crippen molar-refractivity contribution in [1.29, 1.82) is 0 Å². The number of thiocarbonyl (C=S) groups is 1. The van der Waals surface area contributed by atoms with Crippen molar-refractivity contribution in [2.75, 3.05) is 19.4 Å². The molecular formula is C8H11N3S. The predicted octanol–water partition coefficient (Wildman–Crippen LogP) is 1.34. The van der Waals surface area contributed by atoms with Gasteiger partial charge in [0.15, 0.2) is 5.11 Å². The Kier molecular flexibility index (Phi) is 2.99. The quantitative estimate of drug-likeness (QED) is 0.662. The van der Waals surface area contributed by atoms with Gasteiger partial charge in [-0.3, -0.25) is 4.98 Å². The van der Waals surface area contributed by atoms with Crippen LogP contribution >= 0.6 is 12.2 Å². The number of pyridine rings is 1. The van der Waals surface area contributed by atoms with Gasteiger partial charge in [-0.1, -0.05) is 0 Å². The van der Waals surface area contributed by atoms with Crippen molar-refractivity contribution in [1.82, 2.24) is 9.88 Å². The van der Waals surface area contributed by atoms with Gasteiger partial charge in [0.05, 0.1) is 11.9 Å². The van der Waals surface area contributed by atoms with E-state index < -0.39 is 0 Å². The lowest BCUT2D eigenvalue weighted by Crippen LogP contribution is -2.26. The lowest BCUT2D eigenvalue weighted by Gasteiger charge is -2.14. The second-order valence-electron chi connectivity index (χ2n) is 2.57. The second kappa shape index (κ2) is 4.01. The average molecular weight is 181 g/mol. The molecule has 0 spiro atoms. The molecule has 1 aromatic heterocycles. The maximum atomic E-state index is 5.05. The molecule has 1 aromatic rings. The summed E-state index contributed by atoms with van der Waals surface area (Å²) in [6.07, 6.45) is 3.46. The van der Waals surface area contributed by atoms with E-state index in [0.717, 1.165) is 5.69 Å². The highest BCUT2D eigenvalue weighted by atomic mass is 32.1. The van der Waals surface area contributed by atoms with Gasteiger partial charge in [-0.2, -0.15) is 0 Å². The molecule has 0 unspecified atom stereocenters. The Bertz CT molecular complexity index is 258. The van der Waals surface area contributed by atoms with Crippen LogP contribution in [0.25, 0.3) is 0 Å². The summed E-state index contributed by atoms with van der Waals surface area (Å²) in [7, 11) is 3.79. The molecule has 0 aliphatic carbocycles. The van der Waals surface area contributed by atoms with Gasteiger partial charge in [-0.05, 0) is 24.4 Å². The summed E-state index contributed by atoms with van der Waals surface area (Å²) in [5.41, 5.74) is 0.913. The zero-order valence-electron chi connectivity index (χ0n) is 7.11. The number of nitrogens with zero attached hydrogens (tertiary/aromatic N) is 2. The highest BCUT2D eigenvalue weighted by Crippen LogP contribution is 2.02. The zero-order chi connectivity index (χ0) is 8.97. The van der Waals surface area contributed by atoms with E-state index >= 15 is 0 Å². The van der Waals surface area contributed by atoms with E-state index in [4.69, 9.17) is 12.2 Å². The molecule has 3 nitrogen and oxygen atoms in total. The first-order chi connectivity index (χ1) is 5.70. The fourth-order valence-electron chi connectivity index (χ4n) is 0.672. The van der Waals surface area contributed by atoms with E-state index in [1.54, 1.807) is 12.4 Å². The van der Waals surface area contributed by atoms with E-state index in [1.165, 1.54) is 0 Å². The summed E-state index contributed by atoms with van der Waals surface area (Å²) in [5, 5.41) is 3.72. The van der Waals surface area contributed by atoms with Gasteiger partial charge in [0.2, 0.25) is 0 Å². The molecule has 0 aliphatic rings. The molecule has 1 N–H and O–H groups in total. The van der Waals surface area contributed by atoms with Gasteiger partial charge in [0, 0.05) is 20.3 Å². The number of aromatic nitrogens is 1. The lowest BCUT2D eigenvalue weighted by atomic mass is 10.4. The number of anilines is 1. The Morgan fingerprint density at radius 2 is 2.33 bits per heavy atom. The van der Waals surface area contributed by atoms with Crippen molar-refractivity contribution < 1.29 is 0 Å². The molecule has 1 heterocycles. The SMILES string of the molecule is CN(C)C(=S)Nc1cccnc1. The van der Waals surface area contributed by atoms with E-state index in [1.807, 2.05) is 31.1 Å². The smallest absolute Gasteiger partial charge is 0.172 e. The molecule has 64 valence electrons. The topological polar surface area (TPSA) is 28.2 Å². The van der Waals surface area contributed by atoms with Crippen LogP contribution in [0.15, 0.2) is 24.5 Å². The zero-order valence-corrected chi connectivity index (χ0v) is 7.93. The maximum Gasteiger partial charge on any atom is 0.172 e. The standard InChI is InChI=1S/C8H11N3S/c1-11(2)8(12)10-7-4-3-5-9-6-7/h3-6H,1-2H3,(H,10,12). The van der Waals surface area contributed by atoms with Crippen molar-refractivity contribution in [2.24, 2.45) is 0 Å². The molecule has 0 amide bonds. The third-order valence-corrected chi connectivity index (χ3v) is 1.79. The largest absolute Gasteiger partial charge is 0.355 e. The first-order valence-electron chi connectivity index (χ1n) is 3.58. The Morgan fingerprint density at radius 1 is 1.58 bits per heavy atom. The molecule has 1 rings (SSSR count). The van der Waals surface area contributed by atoms with Gasteiger partial charge >= 0.3 is 0 Å². The van der Waals surface area contributed by atoms with Crippen LogP contribution in [0.1, 0.15) is 0 Å². The minimum atomic E-state index is 0.683. The molecule has 0 saturated heterocycles. The predicted molar refractivity (Wildman–Crippen MR) is 54.1 cm³/mol. The van der Waals surface area contributed by atoms with Crippen molar-refractivity contribution in [3.8, 4) is 0 Å². The van der Waals surface area contributed by atoms with Gasteiger partial charge < -0.3 is 10.2 Å². The summed E-state index contributed by atoms with van der Waals surface area (Å²) >= 11 is 5.05. The van der Waals surface area contributed by atoms with Crippen molar-refractivity contribution in [3.63, 3.8) is 0 Å². The number of hydrogen-bond acceptors (Lipinski definition) is 2. The second-order valence-corrected chi connectivity index (χ2v) is 2.95. The van der Waals surface area contributed by atoms with Crippen LogP contribution in [0.4, 0.5) is 5.69 Å². The monoisotopic (exact) mass is 181 g/mol. The Labute approximate surface area is 77.4 Å². The van der Waals surface area contributed by atoms with Crippen LogP contribution < -0.4 is 5.32 Å². The molecule has 0 radical (unpaired) electrons. The van der Waals surface area contributed by atoms with Crippen LogP contribution in [-0.4, -0.2) is 29.1 Å². The normalized spacial score (nSPS) is 9.17. The van der Waals surface area contributed by atoms with E-state index in [0.29, 0.717) is 5.11 Å². The van der Waals surface area contributed by atoms with Gasteiger partial charge in [0.25, 0.3) is 0 Å². The van der Waals surface area contributed by atoms with Crippen LogP contribution in [0.5, 0.6) is 0 Å². The van der Waals surface area contributed by atoms with Gasteiger partial charge in [-0.15, -0.1) is 0 Å². The highest BCUT2D eigenvalue weighted by Gasteiger charge is 1.97. The number of hydrogen-bond donors (Lipinski definition) is 1. The van der Waals surface area contributed by atoms with Gasteiger partial charge in [0.1, 0.15) is 0 Å². The van der Waals surface area contributed by atoms with Crippen LogP contribution in [0.3, 0.4) is 0 Å². The molecule has 0 aromatic carbocycles. The number of nitrogens with one attached hydrogen (secondary N) is 1. The molecule has 0 saturated carbocycles. The van der Waals surface area contributed by atoms with Gasteiger partial charge in [-0.25, -0.2) is 0 Å².